The van der Waals surface area contributed by atoms with E-state index in [1.165, 1.54) is 4.31 Å². The van der Waals surface area contributed by atoms with E-state index in [-0.39, 0.29) is 6.61 Å². The second-order valence-corrected chi connectivity index (χ2v) is 6.23. The number of rotatable bonds is 6. The maximum Gasteiger partial charge on any atom is 0.243 e. The molecule has 1 N–H and O–H groups in total. The number of aliphatic hydroxyl groups excluding tert-OH is 1. The molecule has 0 heterocycles. The molecule has 0 aliphatic heterocycles. The molecule has 0 fully saturated rings. The Kier molecular flexibility index (Phi) is 6.73. The maximum atomic E-state index is 12.4. The molecule has 0 bridgehead atoms. The van der Waals surface area contributed by atoms with Gasteiger partial charge in [-0.2, -0.15) is 4.31 Å². The number of benzene rings is 1. The molecule has 0 aliphatic carbocycles. The van der Waals surface area contributed by atoms with Gasteiger partial charge in [-0.25, -0.2) is 8.42 Å². The molecule has 110 valence electrons. The highest BCUT2D eigenvalue weighted by Crippen LogP contribution is 2.16. The van der Waals surface area contributed by atoms with Crippen LogP contribution >= 0.6 is 0 Å². The summed E-state index contributed by atoms with van der Waals surface area (Å²) in [6.45, 7) is 4.81. The summed E-state index contributed by atoms with van der Waals surface area (Å²) in [4.78, 5) is 0.292. The van der Waals surface area contributed by atoms with Crippen LogP contribution in [0.4, 0.5) is 0 Å². The van der Waals surface area contributed by atoms with E-state index in [4.69, 9.17) is 5.11 Å². The predicted molar refractivity (Wildman–Crippen MR) is 79.7 cm³/mol. The van der Waals surface area contributed by atoms with E-state index in [0.29, 0.717) is 24.4 Å². The number of hydrogen-bond acceptors (Lipinski definition) is 3. The van der Waals surface area contributed by atoms with Crippen LogP contribution in [0.25, 0.3) is 0 Å². The summed E-state index contributed by atoms with van der Waals surface area (Å²) in [5, 5.41) is 8.65. The van der Waals surface area contributed by atoms with Crippen LogP contribution in [0.5, 0.6) is 0 Å². The summed E-state index contributed by atoms with van der Waals surface area (Å²) in [5.41, 5.74) is 0.746. The molecule has 0 atom stereocenters. The Hall–Kier alpha value is -1.35. The lowest BCUT2D eigenvalue weighted by Crippen LogP contribution is -2.31. The third-order valence-corrected chi connectivity index (χ3v) is 4.78. The zero-order chi connectivity index (χ0) is 15.0. The largest absolute Gasteiger partial charge is 0.395 e. The van der Waals surface area contributed by atoms with Gasteiger partial charge in [0.2, 0.25) is 10.0 Å². The summed E-state index contributed by atoms with van der Waals surface area (Å²) >= 11 is 0. The average Bonchev–Trinajstić information content (AvgIpc) is 2.45. The first-order valence-corrected chi connectivity index (χ1v) is 8.20. The molecule has 1 aromatic carbocycles. The Bertz CT molecular complexity index is 567. The molecule has 20 heavy (non-hydrogen) atoms. The predicted octanol–water partition coefficient (Wildman–Crippen LogP) is 1.84. The quantitative estimate of drug-likeness (QED) is 0.815. The molecular weight excluding hydrogens is 274 g/mol. The second-order valence-electron chi connectivity index (χ2n) is 4.30. The van der Waals surface area contributed by atoms with Gasteiger partial charge in [0.15, 0.2) is 0 Å². The molecule has 1 aromatic rings. The van der Waals surface area contributed by atoms with E-state index in [1.54, 1.807) is 24.3 Å². The molecule has 0 aromatic heterocycles. The molecule has 0 aliphatic rings. The maximum absolute atomic E-state index is 12.4. The number of sulfonamides is 1. The smallest absolute Gasteiger partial charge is 0.243 e. The van der Waals surface area contributed by atoms with Gasteiger partial charge >= 0.3 is 0 Å². The van der Waals surface area contributed by atoms with Crippen LogP contribution in [0.1, 0.15) is 32.3 Å². The van der Waals surface area contributed by atoms with Crippen molar-refractivity contribution in [2.24, 2.45) is 0 Å². The van der Waals surface area contributed by atoms with Crippen LogP contribution < -0.4 is 0 Å². The van der Waals surface area contributed by atoms with Gasteiger partial charge in [-0.05, 0) is 30.7 Å². The number of aliphatic hydroxyl groups is 1. The first-order chi connectivity index (χ1) is 9.56. The highest BCUT2D eigenvalue weighted by atomic mass is 32.2. The van der Waals surface area contributed by atoms with Crippen LogP contribution in [-0.2, 0) is 10.0 Å². The van der Waals surface area contributed by atoms with Crippen LogP contribution in [0.2, 0.25) is 0 Å². The van der Waals surface area contributed by atoms with Gasteiger partial charge in [-0.3, -0.25) is 0 Å². The summed E-state index contributed by atoms with van der Waals surface area (Å²) < 4.78 is 26.2. The fourth-order valence-electron chi connectivity index (χ4n) is 1.78. The van der Waals surface area contributed by atoms with Crippen LogP contribution in [-0.4, -0.2) is 37.5 Å². The molecule has 0 amide bonds. The summed E-state index contributed by atoms with van der Waals surface area (Å²) in [5.74, 6) is 5.68. The van der Waals surface area contributed by atoms with Crippen molar-refractivity contribution in [2.45, 2.75) is 31.6 Å². The zero-order valence-corrected chi connectivity index (χ0v) is 12.8. The molecule has 4 nitrogen and oxygen atoms in total. The van der Waals surface area contributed by atoms with Crippen molar-refractivity contribution < 1.29 is 13.5 Å². The molecule has 5 heteroatoms. The van der Waals surface area contributed by atoms with Gasteiger partial charge in [0.1, 0.15) is 0 Å². The van der Waals surface area contributed by atoms with Gasteiger partial charge in [-0.1, -0.05) is 25.7 Å². The van der Waals surface area contributed by atoms with Crippen molar-refractivity contribution in [2.75, 3.05) is 19.7 Å². The van der Waals surface area contributed by atoms with E-state index in [0.717, 1.165) is 12.0 Å². The lowest BCUT2D eigenvalue weighted by Gasteiger charge is -2.19. The Labute approximate surface area is 121 Å². The van der Waals surface area contributed by atoms with E-state index in [1.807, 2.05) is 13.8 Å². The van der Waals surface area contributed by atoms with Gasteiger partial charge < -0.3 is 5.11 Å². The molecule has 0 saturated carbocycles. The Balaban J connectivity index is 2.95. The molecule has 0 unspecified atom stereocenters. The number of nitrogens with zero attached hydrogens (tertiary/aromatic N) is 1. The summed E-state index contributed by atoms with van der Waals surface area (Å²) in [7, 11) is -3.41. The van der Waals surface area contributed by atoms with Crippen LogP contribution in [0.15, 0.2) is 29.2 Å². The van der Waals surface area contributed by atoms with Crippen molar-refractivity contribution >= 4 is 10.0 Å². The van der Waals surface area contributed by atoms with Gasteiger partial charge in [0, 0.05) is 25.1 Å². The van der Waals surface area contributed by atoms with Gasteiger partial charge in [0.05, 0.1) is 11.5 Å². The zero-order valence-electron chi connectivity index (χ0n) is 12.0. The van der Waals surface area contributed by atoms with Crippen molar-refractivity contribution in [1.29, 1.82) is 0 Å². The van der Waals surface area contributed by atoms with Crippen molar-refractivity contribution in [1.82, 2.24) is 4.31 Å². The van der Waals surface area contributed by atoms with Crippen molar-refractivity contribution in [3.05, 3.63) is 29.8 Å². The SMILES string of the molecule is CCCN(CC)S(=O)(=O)c1ccc(C#CCCO)cc1. The van der Waals surface area contributed by atoms with Crippen molar-refractivity contribution in [3.8, 4) is 11.8 Å². The van der Waals surface area contributed by atoms with E-state index < -0.39 is 10.0 Å². The van der Waals surface area contributed by atoms with Gasteiger partial charge in [0.25, 0.3) is 0 Å². The molecule has 1 rings (SSSR count). The summed E-state index contributed by atoms with van der Waals surface area (Å²) in [6, 6.07) is 6.54. The van der Waals surface area contributed by atoms with Crippen molar-refractivity contribution in [3.63, 3.8) is 0 Å². The Morgan fingerprint density at radius 2 is 1.85 bits per heavy atom. The van der Waals surface area contributed by atoms with Gasteiger partial charge in [-0.15, -0.1) is 0 Å². The first-order valence-electron chi connectivity index (χ1n) is 6.76. The fourth-order valence-corrected chi connectivity index (χ4v) is 3.32. The van der Waals surface area contributed by atoms with E-state index in [2.05, 4.69) is 11.8 Å². The third kappa shape index (κ3) is 4.34. The first kappa shape index (κ1) is 16.7. The van der Waals surface area contributed by atoms with Crippen LogP contribution in [0.3, 0.4) is 0 Å². The molecule has 0 saturated heterocycles. The molecular formula is C15H21NO3S. The lowest BCUT2D eigenvalue weighted by molar-refractivity contribution is 0.305. The standard InChI is InChI=1S/C15H21NO3S/c1-3-12-16(4-2)20(18,19)15-10-8-14(9-11-15)7-5-6-13-17/h8-11,17H,3-4,6,12-13H2,1-2H3. The minimum Gasteiger partial charge on any atom is -0.395 e. The summed E-state index contributed by atoms with van der Waals surface area (Å²) in [6.07, 6.45) is 1.21. The second kappa shape index (κ2) is 8.05. The highest BCUT2D eigenvalue weighted by Gasteiger charge is 2.21. The highest BCUT2D eigenvalue weighted by molar-refractivity contribution is 7.89. The molecule has 0 spiro atoms. The minimum absolute atomic E-state index is 0.0297. The average molecular weight is 295 g/mol. The monoisotopic (exact) mass is 295 g/mol. The lowest BCUT2D eigenvalue weighted by atomic mass is 10.2. The van der Waals surface area contributed by atoms with Crippen LogP contribution in [0, 0.1) is 11.8 Å². The fraction of sp³-hybridized carbons (Fsp3) is 0.467. The Morgan fingerprint density at radius 1 is 1.20 bits per heavy atom. The topological polar surface area (TPSA) is 57.6 Å². The molecule has 0 radical (unpaired) electrons. The normalized spacial score (nSPS) is 11.2. The number of hydrogen-bond donors (Lipinski definition) is 1. The van der Waals surface area contributed by atoms with E-state index >= 15 is 0 Å². The third-order valence-electron chi connectivity index (χ3n) is 2.79. The van der Waals surface area contributed by atoms with E-state index in [9.17, 15) is 8.42 Å². The minimum atomic E-state index is -3.41. The Morgan fingerprint density at radius 3 is 2.35 bits per heavy atom.